The van der Waals surface area contributed by atoms with E-state index in [0.717, 1.165) is 12.8 Å². The van der Waals surface area contributed by atoms with E-state index >= 15 is 0 Å². The second kappa shape index (κ2) is 17.8. The molecular formula is C7H19KN4. The Morgan fingerprint density at radius 3 is 1.83 bits per heavy atom. The van der Waals surface area contributed by atoms with E-state index in [1.165, 1.54) is 0 Å². The number of hydrogen-bond acceptors (Lipinski definition) is 1. The quantitative estimate of drug-likeness (QED) is 0.316. The van der Waals surface area contributed by atoms with E-state index in [4.69, 9.17) is 17.2 Å². The minimum Gasteiger partial charge on any atom is -0.677 e. The number of guanidine groups is 1. The zero-order valence-corrected chi connectivity index (χ0v) is 11.6. The van der Waals surface area contributed by atoms with Crippen molar-refractivity contribution in [3.8, 4) is 0 Å². The summed E-state index contributed by atoms with van der Waals surface area (Å²) in [5, 5.41) is 0. The molecule has 0 spiro atoms. The van der Waals surface area contributed by atoms with E-state index in [9.17, 15) is 0 Å². The van der Waals surface area contributed by atoms with Gasteiger partial charge in [0.25, 0.3) is 0 Å². The minimum atomic E-state index is 0. The maximum Gasteiger partial charge on any atom is 1.00 e. The Balaban J connectivity index is -0.000000126. The first-order valence-electron chi connectivity index (χ1n) is 3.88. The first-order valence-corrected chi connectivity index (χ1v) is 3.88. The molecule has 0 aliphatic heterocycles. The summed E-state index contributed by atoms with van der Waals surface area (Å²) in [4.78, 5) is 3.60. The van der Waals surface area contributed by atoms with Crippen LogP contribution in [0.3, 0.4) is 0 Å². The zero-order valence-electron chi connectivity index (χ0n) is 8.43. The molecule has 0 aromatic rings. The van der Waals surface area contributed by atoms with Crippen LogP contribution < -0.4 is 62.9 Å². The van der Waals surface area contributed by atoms with Gasteiger partial charge in [0.2, 0.25) is 0 Å². The summed E-state index contributed by atoms with van der Waals surface area (Å²) < 4.78 is 0. The van der Waals surface area contributed by atoms with Crippen molar-refractivity contribution in [1.82, 2.24) is 0 Å². The Morgan fingerprint density at radius 1 is 1.33 bits per heavy atom. The summed E-state index contributed by atoms with van der Waals surface area (Å²) in [5.41, 5.74) is 16.5. The average Bonchev–Trinajstić information content (AvgIpc) is 1.90. The minimum absolute atomic E-state index is 0. The number of nitrogens with zero attached hydrogens (tertiary/aromatic N) is 1. The number of hydrogen-bond donors (Lipinski definition) is 2. The van der Waals surface area contributed by atoms with E-state index in [-0.39, 0.29) is 57.3 Å². The van der Waals surface area contributed by atoms with E-state index in [1.807, 2.05) is 6.92 Å². The van der Waals surface area contributed by atoms with E-state index in [1.54, 1.807) is 0 Å². The molecule has 0 aromatic carbocycles. The predicted octanol–water partition coefficient (Wildman–Crippen LogP) is -1.88. The third-order valence-corrected chi connectivity index (χ3v) is 0.871. The van der Waals surface area contributed by atoms with Crippen molar-refractivity contribution in [3.05, 3.63) is 5.73 Å². The number of rotatable bonds is 3. The van der Waals surface area contributed by atoms with Crippen LogP contribution in [0.15, 0.2) is 4.99 Å². The smallest absolute Gasteiger partial charge is 0.677 e. The summed E-state index contributed by atoms with van der Waals surface area (Å²) in [6.07, 6.45) is 2.21. The molecule has 4 nitrogen and oxygen atoms in total. The third-order valence-electron chi connectivity index (χ3n) is 0.871. The number of aliphatic imine (C=N–C) groups is 1. The SMILES string of the molecule is CCCC[NH-].CCN=C(N)N.[K+]. The Hall–Kier alpha value is 0.866. The molecule has 0 saturated heterocycles. The zero-order chi connectivity index (χ0) is 9.11. The molecule has 5 N–H and O–H groups in total. The molecular weight excluding hydrogens is 179 g/mol. The molecule has 5 heteroatoms. The number of unbranched alkanes of at least 4 members (excludes halogenated alkanes) is 1. The van der Waals surface area contributed by atoms with Crippen molar-refractivity contribution >= 4 is 5.96 Å². The second-order valence-corrected chi connectivity index (χ2v) is 2.00. The van der Waals surface area contributed by atoms with E-state index in [2.05, 4.69) is 11.9 Å². The van der Waals surface area contributed by atoms with Gasteiger partial charge in [-0.2, -0.15) is 6.54 Å². The van der Waals surface area contributed by atoms with Crippen LogP contribution in [0.4, 0.5) is 0 Å². The monoisotopic (exact) mass is 198 g/mol. The van der Waals surface area contributed by atoms with Crippen molar-refractivity contribution in [2.24, 2.45) is 16.5 Å². The predicted molar refractivity (Wildman–Crippen MR) is 50.4 cm³/mol. The molecule has 0 atom stereocenters. The molecule has 0 unspecified atom stereocenters. The Labute approximate surface area is 118 Å². The summed E-state index contributed by atoms with van der Waals surface area (Å²) >= 11 is 0. The summed E-state index contributed by atoms with van der Waals surface area (Å²) in [6.45, 7) is 5.23. The van der Waals surface area contributed by atoms with Gasteiger partial charge < -0.3 is 17.2 Å². The van der Waals surface area contributed by atoms with Crippen LogP contribution in [0.1, 0.15) is 26.7 Å². The Kier molecular flexibility index (Phi) is 27.6. The van der Waals surface area contributed by atoms with Crippen LogP contribution in [0, 0.1) is 0 Å². The molecule has 0 fully saturated rings. The van der Waals surface area contributed by atoms with Crippen LogP contribution in [0.2, 0.25) is 0 Å². The average molecular weight is 198 g/mol. The van der Waals surface area contributed by atoms with Crippen molar-refractivity contribution in [1.29, 1.82) is 0 Å². The molecule has 0 amide bonds. The molecule has 12 heavy (non-hydrogen) atoms. The first kappa shape index (κ1) is 18.6. The van der Waals surface area contributed by atoms with Gasteiger partial charge in [-0.05, 0) is 6.92 Å². The van der Waals surface area contributed by atoms with Gasteiger partial charge >= 0.3 is 51.4 Å². The van der Waals surface area contributed by atoms with Gasteiger partial charge in [-0.3, -0.25) is 4.99 Å². The van der Waals surface area contributed by atoms with Crippen LogP contribution in [0.25, 0.3) is 5.73 Å². The molecule has 0 heterocycles. The van der Waals surface area contributed by atoms with Gasteiger partial charge in [0, 0.05) is 6.54 Å². The van der Waals surface area contributed by atoms with Crippen molar-refractivity contribution in [2.75, 3.05) is 13.1 Å². The summed E-state index contributed by atoms with van der Waals surface area (Å²) in [7, 11) is 0. The van der Waals surface area contributed by atoms with Gasteiger partial charge in [0.1, 0.15) is 0 Å². The molecule has 0 aromatic heterocycles. The topological polar surface area (TPSA) is 88.2 Å². The van der Waals surface area contributed by atoms with Crippen LogP contribution in [-0.2, 0) is 0 Å². The standard InChI is InChI=1S/C4H10N.C3H9N3.K/c1-2-3-4-5;1-2-6-3(4)5;/h5H,2-4H2,1H3;2H2,1H3,(H4,4,5,6);/q-1;;+1. The molecule has 0 bridgehead atoms. The molecule has 0 aliphatic rings. The molecule has 0 saturated carbocycles. The van der Waals surface area contributed by atoms with Gasteiger partial charge in [0.05, 0.1) is 0 Å². The molecule has 0 aliphatic carbocycles. The maximum absolute atomic E-state index is 6.60. The molecule has 0 rings (SSSR count). The fraction of sp³-hybridized carbons (Fsp3) is 0.857. The van der Waals surface area contributed by atoms with E-state index in [0.29, 0.717) is 13.1 Å². The maximum atomic E-state index is 6.60. The Morgan fingerprint density at radius 2 is 1.83 bits per heavy atom. The molecule has 0 radical (unpaired) electrons. The van der Waals surface area contributed by atoms with Crippen molar-refractivity contribution in [3.63, 3.8) is 0 Å². The molecule has 68 valence electrons. The summed E-state index contributed by atoms with van der Waals surface area (Å²) in [6, 6.07) is 0. The normalized spacial score (nSPS) is 7.25. The van der Waals surface area contributed by atoms with Gasteiger partial charge in [-0.1, -0.05) is 19.8 Å². The van der Waals surface area contributed by atoms with Gasteiger partial charge in [0.15, 0.2) is 5.96 Å². The second-order valence-electron chi connectivity index (χ2n) is 2.00. The number of nitrogens with one attached hydrogen (secondary N) is 1. The fourth-order valence-corrected chi connectivity index (χ4v) is 0.359. The van der Waals surface area contributed by atoms with Crippen molar-refractivity contribution < 1.29 is 51.4 Å². The van der Waals surface area contributed by atoms with Gasteiger partial charge in [-0.25, -0.2) is 0 Å². The van der Waals surface area contributed by atoms with Crippen molar-refractivity contribution in [2.45, 2.75) is 26.7 Å². The van der Waals surface area contributed by atoms with Crippen LogP contribution >= 0.6 is 0 Å². The van der Waals surface area contributed by atoms with Crippen LogP contribution in [0.5, 0.6) is 0 Å². The van der Waals surface area contributed by atoms with E-state index < -0.39 is 0 Å². The fourth-order valence-electron chi connectivity index (χ4n) is 0.359. The third kappa shape index (κ3) is 30.7. The Bertz CT molecular complexity index is 89.4. The van der Waals surface area contributed by atoms with Crippen LogP contribution in [-0.4, -0.2) is 19.0 Å². The summed E-state index contributed by atoms with van der Waals surface area (Å²) in [5.74, 6) is 0.164. The van der Waals surface area contributed by atoms with Gasteiger partial charge in [-0.15, -0.1) is 0 Å². The first-order chi connectivity index (χ1) is 5.18. The number of nitrogens with two attached hydrogens (primary N) is 2. The largest absolute Gasteiger partial charge is 1.00 e.